The number of nitrogens with zero attached hydrogens (tertiary/aromatic N) is 1. The van der Waals surface area contributed by atoms with Gasteiger partial charge in [0.05, 0.1) is 19.8 Å². The summed E-state index contributed by atoms with van der Waals surface area (Å²) in [5.41, 5.74) is 3.07. The summed E-state index contributed by atoms with van der Waals surface area (Å²) in [6, 6.07) is 9.74. The zero-order valence-electron chi connectivity index (χ0n) is 14.3. The van der Waals surface area contributed by atoms with Gasteiger partial charge in [-0.15, -0.1) is 0 Å². The van der Waals surface area contributed by atoms with Crippen LogP contribution >= 0.6 is 11.3 Å². The van der Waals surface area contributed by atoms with Gasteiger partial charge < -0.3 is 14.4 Å². The average Bonchev–Trinajstić information content (AvgIpc) is 3.13. The van der Waals surface area contributed by atoms with E-state index in [-0.39, 0.29) is 11.3 Å². The van der Waals surface area contributed by atoms with Gasteiger partial charge in [0.1, 0.15) is 5.70 Å². The fourth-order valence-electron chi connectivity index (χ4n) is 2.63. The smallest absolute Gasteiger partial charge is 0.355 e. The number of thiophene rings is 1. The number of hydrogen-bond donors (Lipinski definition) is 0. The molecule has 0 aliphatic carbocycles. The molecule has 3 rings (SSSR count). The molecule has 0 saturated heterocycles. The molecule has 1 aliphatic heterocycles. The maximum absolute atomic E-state index is 12.5. The number of benzene rings is 1. The highest BCUT2D eigenvalue weighted by molar-refractivity contribution is 7.08. The predicted octanol–water partition coefficient (Wildman–Crippen LogP) is 3.91. The number of ether oxygens (including phenoxy) is 2. The molecule has 0 unspecified atom stereocenters. The number of rotatable bonds is 4. The van der Waals surface area contributed by atoms with Crippen LogP contribution in [0.3, 0.4) is 0 Å². The molecular formula is C20H17NO4S. The van der Waals surface area contributed by atoms with Gasteiger partial charge in [-0.3, -0.25) is 0 Å². The van der Waals surface area contributed by atoms with Crippen LogP contribution in [0.5, 0.6) is 0 Å². The second-order valence-corrected chi connectivity index (χ2v) is 6.16. The predicted molar refractivity (Wildman–Crippen MR) is 102 cm³/mol. The first-order valence-electron chi connectivity index (χ1n) is 7.83. The van der Waals surface area contributed by atoms with Gasteiger partial charge in [-0.25, -0.2) is 9.59 Å². The van der Waals surface area contributed by atoms with E-state index < -0.39 is 11.9 Å². The van der Waals surface area contributed by atoms with E-state index in [1.807, 2.05) is 35.7 Å². The zero-order valence-corrected chi connectivity index (χ0v) is 15.2. The molecule has 0 amide bonds. The maximum Gasteiger partial charge on any atom is 0.355 e. The second-order valence-electron chi connectivity index (χ2n) is 5.38. The molecule has 132 valence electrons. The van der Waals surface area contributed by atoms with E-state index in [1.54, 1.807) is 34.6 Å². The van der Waals surface area contributed by atoms with Crippen molar-refractivity contribution in [1.82, 2.24) is 0 Å². The minimum atomic E-state index is -0.623. The van der Waals surface area contributed by atoms with Gasteiger partial charge >= 0.3 is 11.9 Å². The first-order chi connectivity index (χ1) is 12.7. The topological polar surface area (TPSA) is 55.8 Å². The molecule has 26 heavy (non-hydrogen) atoms. The average molecular weight is 367 g/mol. The molecule has 0 N–H and O–H groups in total. The number of hydrogen-bond acceptors (Lipinski definition) is 6. The van der Waals surface area contributed by atoms with Crippen molar-refractivity contribution in [2.24, 2.45) is 0 Å². The quantitative estimate of drug-likeness (QED) is 0.767. The van der Waals surface area contributed by atoms with Crippen molar-refractivity contribution in [3.8, 4) is 11.1 Å². The number of anilines is 1. The summed E-state index contributed by atoms with van der Waals surface area (Å²) in [6.45, 7) is 0. The lowest BCUT2D eigenvalue weighted by atomic mass is 10.1. The van der Waals surface area contributed by atoms with E-state index in [9.17, 15) is 9.59 Å². The van der Waals surface area contributed by atoms with Crippen LogP contribution < -0.4 is 4.90 Å². The van der Waals surface area contributed by atoms with E-state index in [0.717, 1.165) is 16.8 Å². The summed E-state index contributed by atoms with van der Waals surface area (Å²) < 4.78 is 9.74. The van der Waals surface area contributed by atoms with E-state index in [1.165, 1.54) is 20.3 Å². The van der Waals surface area contributed by atoms with Crippen LogP contribution in [0.2, 0.25) is 0 Å². The highest BCUT2D eigenvalue weighted by Gasteiger charge is 2.27. The molecule has 1 aromatic carbocycles. The third-order valence-corrected chi connectivity index (χ3v) is 4.55. The number of allylic oxidation sites excluding steroid dienone is 2. The van der Waals surface area contributed by atoms with E-state index in [4.69, 9.17) is 9.47 Å². The Hall–Kier alpha value is -3.12. The molecule has 0 fully saturated rings. The molecule has 0 saturated carbocycles. The zero-order chi connectivity index (χ0) is 18.5. The third kappa shape index (κ3) is 3.45. The number of methoxy groups -OCH3 is 2. The van der Waals surface area contributed by atoms with Crippen LogP contribution in [0.25, 0.3) is 11.1 Å². The normalized spacial score (nSPS) is 13.5. The van der Waals surface area contributed by atoms with Crippen molar-refractivity contribution in [3.63, 3.8) is 0 Å². The summed E-state index contributed by atoms with van der Waals surface area (Å²) in [6.07, 6.45) is 6.68. The second kappa shape index (κ2) is 7.84. The lowest BCUT2D eigenvalue weighted by Gasteiger charge is -2.23. The van der Waals surface area contributed by atoms with Crippen molar-refractivity contribution in [3.05, 3.63) is 76.8 Å². The maximum atomic E-state index is 12.5. The number of carbonyl (C=O) groups excluding carboxylic acids is 2. The fraction of sp³-hybridized carbons (Fsp3) is 0.100. The van der Waals surface area contributed by atoms with E-state index >= 15 is 0 Å². The Morgan fingerprint density at radius 2 is 1.81 bits per heavy atom. The van der Waals surface area contributed by atoms with Gasteiger partial charge in [-0.2, -0.15) is 11.3 Å². The first-order valence-corrected chi connectivity index (χ1v) is 8.77. The van der Waals surface area contributed by atoms with Crippen molar-refractivity contribution in [2.75, 3.05) is 19.1 Å². The van der Waals surface area contributed by atoms with Crippen molar-refractivity contribution in [2.45, 2.75) is 0 Å². The molecule has 5 nitrogen and oxygen atoms in total. The van der Waals surface area contributed by atoms with E-state index in [0.29, 0.717) is 0 Å². The Morgan fingerprint density at radius 3 is 2.50 bits per heavy atom. The molecule has 1 aromatic heterocycles. The summed E-state index contributed by atoms with van der Waals surface area (Å²) in [5.74, 6) is -1.23. The van der Waals surface area contributed by atoms with Gasteiger partial charge in [0.15, 0.2) is 0 Å². The first kappa shape index (κ1) is 17.7. The summed E-state index contributed by atoms with van der Waals surface area (Å²) >= 11 is 1.61. The summed E-state index contributed by atoms with van der Waals surface area (Å²) in [7, 11) is 2.56. The molecule has 0 atom stereocenters. The largest absolute Gasteiger partial charge is 0.465 e. The SMILES string of the molecule is COC(=O)C1=C(C(=O)OC)N(c2cccc(-c3ccsc3)c2)C=CC=C1. The monoisotopic (exact) mass is 367 g/mol. The third-order valence-electron chi connectivity index (χ3n) is 3.87. The van der Waals surface area contributed by atoms with Gasteiger partial charge in [0, 0.05) is 11.9 Å². The molecule has 1 aliphatic rings. The number of carbonyl (C=O) groups is 2. The fourth-order valence-corrected chi connectivity index (χ4v) is 3.29. The van der Waals surface area contributed by atoms with Crippen molar-refractivity contribution in [1.29, 1.82) is 0 Å². The minimum Gasteiger partial charge on any atom is -0.465 e. The van der Waals surface area contributed by atoms with Crippen molar-refractivity contribution < 1.29 is 19.1 Å². The standard InChI is InChI=1S/C20H17NO4S/c1-24-19(22)17-8-3-4-10-21(18(17)20(23)25-2)16-7-5-6-14(12-16)15-9-11-26-13-15/h3-13H,1-2H3. The van der Waals surface area contributed by atoms with Gasteiger partial charge in [-0.1, -0.05) is 18.2 Å². The number of esters is 2. The Morgan fingerprint density at radius 1 is 1.00 bits per heavy atom. The minimum absolute atomic E-state index is 0.104. The Balaban J connectivity index is 2.14. The van der Waals surface area contributed by atoms with Crippen molar-refractivity contribution >= 4 is 29.0 Å². The van der Waals surface area contributed by atoms with E-state index in [2.05, 4.69) is 5.38 Å². The van der Waals surface area contributed by atoms with Gasteiger partial charge in [0.25, 0.3) is 0 Å². The van der Waals surface area contributed by atoms with Crippen LogP contribution in [0.1, 0.15) is 0 Å². The van der Waals surface area contributed by atoms with Crippen LogP contribution in [0.4, 0.5) is 5.69 Å². The summed E-state index contributed by atoms with van der Waals surface area (Å²) in [5, 5.41) is 4.06. The van der Waals surface area contributed by atoms with Crippen LogP contribution in [0.15, 0.2) is 76.8 Å². The highest BCUT2D eigenvalue weighted by Crippen LogP contribution is 2.30. The Kier molecular flexibility index (Phi) is 5.34. The van der Waals surface area contributed by atoms with Gasteiger partial charge in [0.2, 0.25) is 0 Å². The van der Waals surface area contributed by atoms with Gasteiger partial charge in [-0.05, 0) is 52.2 Å². The van der Waals surface area contributed by atoms with Crippen LogP contribution in [-0.4, -0.2) is 26.2 Å². The van der Waals surface area contributed by atoms with Crippen LogP contribution in [0, 0.1) is 0 Å². The molecule has 0 bridgehead atoms. The highest BCUT2D eigenvalue weighted by atomic mass is 32.1. The molecular weight excluding hydrogens is 350 g/mol. The molecule has 6 heteroatoms. The lowest BCUT2D eigenvalue weighted by molar-refractivity contribution is -0.139. The van der Waals surface area contributed by atoms with Crippen LogP contribution in [-0.2, 0) is 19.1 Å². The Bertz CT molecular complexity index is 910. The Labute approximate surface area is 155 Å². The molecule has 0 radical (unpaired) electrons. The summed E-state index contributed by atoms with van der Waals surface area (Å²) in [4.78, 5) is 26.3. The molecule has 2 heterocycles. The lowest BCUT2D eigenvalue weighted by Crippen LogP contribution is -2.26. The molecule has 2 aromatic rings. The molecule has 0 spiro atoms.